The summed E-state index contributed by atoms with van der Waals surface area (Å²) in [5, 5.41) is 2.16. The van der Waals surface area contributed by atoms with Crippen LogP contribution in [0.3, 0.4) is 0 Å². The van der Waals surface area contributed by atoms with E-state index in [1.807, 2.05) is 6.92 Å². The van der Waals surface area contributed by atoms with Gasteiger partial charge in [0.25, 0.3) is 11.8 Å². The molecule has 3 rings (SSSR count). The lowest BCUT2D eigenvalue weighted by atomic mass is 10.0. The summed E-state index contributed by atoms with van der Waals surface area (Å²) < 4.78 is 0. The molecule has 2 aliphatic heterocycles. The number of hydrogen-bond donors (Lipinski definition) is 2. The molecule has 0 radical (unpaired) electrons. The fourth-order valence-electron chi connectivity index (χ4n) is 2.93. The molecule has 0 aliphatic carbocycles. The number of hydrogen-bond acceptors (Lipinski definition) is 5. The minimum Gasteiger partial charge on any atom is -0.398 e. The van der Waals surface area contributed by atoms with Crippen LogP contribution in [0.4, 0.5) is 5.69 Å². The molecule has 2 heterocycles. The Balaban J connectivity index is 2.02. The number of carbonyl (C=O) groups is 4. The number of amides is 4. The zero-order chi connectivity index (χ0) is 16.0. The van der Waals surface area contributed by atoms with Gasteiger partial charge in [0, 0.05) is 12.1 Å². The molecule has 3 N–H and O–H groups in total. The molecular weight excluding hydrogens is 286 g/mol. The topological polar surface area (TPSA) is 110 Å². The van der Waals surface area contributed by atoms with Crippen molar-refractivity contribution in [2.75, 3.05) is 5.73 Å². The van der Waals surface area contributed by atoms with E-state index >= 15 is 0 Å². The van der Waals surface area contributed by atoms with Crippen molar-refractivity contribution in [3.8, 4) is 0 Å². The monoisotopic (exact) mass is 301 g/mol. The standard InChI is InChI=1S/C15H15N3O4/c1-2-7-3-4-8-11(12(7)16)15(22)18(14(8)21)9-5-6-10(19)17-13(9)20/h3-4,9H,2,5-6,16H2,1H3,(H,17,19,20). The zero-order valence-corrected chi connectivity index (χ0v) is 12.0. The van der Waals surface area contributed by atoms with Crippen molar-refractivity contribution in [1.82, 2.24) is 10.2 Å². The number of nitrogen functional groups attached to an aromatic ring is 1. The second kappa shape index (κ2) is 4.94. The number of carbonyl (C=O) groups excluding carboxylic acids is 4. The summed E-state index contributed by atoms with van der Waals surface area (Å²) in [7, 11) is 0. The maximum absolute atomic E-state index is 12.6. The molecule has 22 heavy (non-hydrogen) atoms. The summed E-state index contributed by atoms with van der Waals surface area (Å²) >= 11 is 0. The highest BCUT2D eigenvalue weighted by molar-refractivity contribution is 6.25. The van der Waals surface area contributed by atoms with Gasteiger partial charge in [-0.1, -0.05) is 13.0 Å². The van der Waals surface area contributed by atoms with E-state index in [0.29, 0.717) is 6.42 Å². The van der Waals surface area contributed by atoms with Crippen LogP contribution >= 0.6 is 0 Å². The van der Waals surface area contributed by atoms with Crippen molar-refractivity contribution < 1.29 is 19.2 Å². The summed E-state index contributed by atoms with van der Waals surface area (Å²) in [6.45, 7) is 1.90. The summed E-state index contributed by atoms with van der Waals surface area (Å²) in [6, 6.07) is 2.32. The Hall–Kier alpha value is -2.70. The molecule has 0 aromatic heterocycles. The normalized spacial score (nSPS) is 21.1. The van der Waals surface area contributed by atoms with Gasteiger partial charge in [-0.25, -0.2) is 0 Å². The first-order valence-corrected chi connectivity index (χ1v) is 7.08. The third kappa shape index (κ3) is 1.89. The number of piperidine rings is 1. The van der Waals surface area contributed by atoms with E-state index in [9.17, 15) is 19.2 Å². The first-order valence-electron chi connectivity index (χ1n) is 7.08. The largest absolute Gasteiger partial charge is 0.398 e. The quantitative estimate of drug-likeness (QED) is 0.600. The molecule has 7 heteroatoms. The van der Waals surface area contributed by atoms with Crippen LogP contribution in [0.25, 0.3) is 0 Å². The molecule has 114 valence electrons. The Labute approximate surface area is 126 Å². The summed E-state index contributed by atoms with van der Waals surface area (Å²) in [6.07, 6.45) is 0.870. The lowest BCUT2D eigenvalue weighted by molar-refractivity contribution is -0.136. The van der Waals surface area contributed by atoms with Crippen LogP contribution in [0.5, 0.6) is 0 Å². The molecule has 4 amide bonds. The smallest absolute Gasteiger partial charge is 0.264 e. The Morgan fingerprint density at radius 3 is 2.59 bits per heavy atom. The SMILES string of the molecule is CCc1ccc2c(c1N)C(=O)N(C1CCC(=O)NC1=O)C2=O. The second-order valence-corrected chi connectivity index (χ2v) is 5.36. The number of aryl methyl sites for hydroxylation is 1. The van der Waals surface area contributed by atoms with Gasteiger partial charge in [-0.3, -0.25) is 29.4 Å². The van der Waals surface area contributed by atoms with Crippen molar-refractivity contribution in [1.29, 1.82) is 0 Å². The van der Waals surface area contributed by atoms with Crippen LogP contribution in [0, 0.1) is 0 Å². The first kappa shape index (κ1) is 14.2. The molecule has 0 spiro atoms. The van der Waals surface area contributed by atoms with Gasteiger partial charge < -0.3 is 5.73 Å². The Bertz CT molecular complexity index is 726. The average Bonchev–Trinajstić information content (AvgIpc) is 2.73. The zero-order valence-electron chi connectivity index (χ0n) is 12.0. The van der Waals surface area contributed by atoms with Crippen LogP contribution in [0.15, 0.2) is 12.1 Å². The number of benzene rings is 1. The van der Waals surface area contributed by atoms with Crippen LogP contribution < -0.4 is 11.1 Å². The van der Waals surface area contributed by atoms with Gasteiger partial charge in [-0.15, -0.1) is 0 Å². The second-order valence-electron chi connectivity index (χ2n) is 5.36. The Morgan fingerprint density at radius 2 is 1.95 bits per heavy atom. The third-order valence-electron chi connectivity index (χ3n) is 4.12. The number of imide groups is 2. The number of nitrogens with one attached hydrogen (secondary N) is 1. The Morgan fingerprint density at radius 1 is 1.23 bits per heavy atom. The van der Waals surface area contributed by atoms with Gasteiger partial charge in [0.05, 0.1) is 11.1 Å². The number of nitrogens with zero attached hydrogens (tertiary/aromatic N) is 1. The molecule has 0 bridgehead atoms. The van der Waals surface area contributed by atoms with E-state index in [0.717, 1.165) is 10.5 Å². The minimum atomic E-state index is -0.963. The lowest BCUT2D eigenvalue weighted by Crippen LogP contribution is -2.54. The number of nitrogens with two attached hydrogens (primary N) is 1. The van der Waals surface area contributed by atoms with E-state index < -0.39 is 29.7 Å². The van der Waals surface area contributed by atoms with Crippen LogP contribution in [-0.2, 0) is 16.0 Å². The van der Waals surface area contributed by atoms with E-state index in [1.54, 1.807) is 12.1 Å². The molecule has 1 aromatic rings. The van der Waals surface area contributed by atoms with Gasteiger partial charge >= 0.3 is 0 Å². The van der Waals surface area contributed by atoms with Gasteiger partial charge in [-0.2, -0.15) is 0 Å². The fraction of sp³-hybridized carbons (Fsp3) is 0.333. The Kier molecular flexibility index (Phi) is 3.20. The predicted octanol–water partition coefficient (Wildman–Crippen LogP) is 0.232. The molecule has 1 unspecified atom stereocenters. The molecule has 1 saturated heterocycles. The molecule has 1 fully saturated rings. The lowest BCUT2D eigenvalue weighted by Gasteiger charge is -2.27. The van der Waals surface area contributed by atoms with Crippen LogP contribution in [0.2, 0.25) is 0 Å². The van der Waals surface area contributed by atoms with E-state index in [2.05, 4.69) is 5.32 Å². The number of anilines is 1. The van der Waals surface area contributed by atoms with Gasteiger partial charge in [0.2, 0.25) is 11.8 Å². The fourth-order valence-corrected chi connectivity index (χ4v) is 2.93. The van der Waals surface area contributed by atoms with Crippen molar-refractivity contribution >= 4 is 29.3 Å². The van der Waals surface area contributed by atoms with Crippen LogP contribution in [-0.4, -0.2) is 34.6 Å². The predicted molar refractivity (Wildman–Crippen MR) is 76.9 cm³/mol. The molecule has 1 atom stereocenters. The van der Waals surface area contributed by atoms with E-state index in [4.69, 9.17) is 5.73 Å². The summed E-state index contributed by atoms with van der Waals surface area (Å²) in [4.78, 5) is 49.1. The van der Waals surface area contributed by atoms with Crippen molar-refractivity contribution in [2.24, 2.45) is 0 Å². The summed E-state index contributed by atoms with van der Waals surface area (Å²) in [5.41, 5.74) is 7.43. The van der Waals surface area contributed by atoms with Gasteiger partial charge in [0.15, 0.2) is 0 Å². The molecule has 0 saturated carbocycles. The van der Waals surface area contributed by atoms with Crippen molar-refractivity contribution in [2.45, 2.75) is 32.2 Å². The van der Waals surface area contributed by atoms with Crippen molar-refractivity contribution in [3.05, 3.63) is 28.8 Å². The van der Waals surface area contributed by atoms with E-state index in [-0.39, 0.29) is 29.7 Å². The molecule has 2 aliphatic rings. The molecule has 1 aromatic carbocycles. The highest BCUT2D eigenvalue weighted by Gasteiger charge is 2.45. The summed E-state index contributed by atoms with van der Waals surface area (Å²) in [5.74, 6) is -2.13. The minimum absolute atomic E-state index is 0.0967. The van der Waals surface area contributed by atoms with E-state index in [1.165, 1.54) is 0 Å². The van der Waals surface area contributed by atoms with Gasteiger partial charge in [0.1, 0.15) is 6.04 Å². The maximum atomic E-state index is 12.6. The van der Waals surface area contributed by atoms with Crippen molar-refractivity contribution in [3.63, 3.8) is 0 Å². The van der Waals surface area contributed by atoms with Gasteiger partial charge in [-0.05, 0) is 24.5 Å². The molecule has 7 nitrogen and oxygen atoms in total. The molecular formula is C15H15N3O4. The van der Waals surface area contributed by atoms with Crippen LogP contribution in [0.1, 0.15) is 46.0 Å². The maximum Gasteiger partial charge on any atom is 0.264 e. The number of rotatable bonds is 2. The number of fused-ring (bicyclic) bond motifs is 1. The highest BCUT2D eigenvalue weighted by atomic mass is 16.2. The highest BCUT2D eigenvalue weighted by Crippen LogP contribution is 2.33. The first-order chi connectivity index (χ1) is 10.5. The third-order valence-corrected chi connectivity index (χ3v) is 4.12. The average molecular weight is 301 g/mol.